The van der Waals surface area contributed by atoms with Crippen molar-refractivity contribution in [3.05, 3.63) is 29.8 Å². The number of carbonyl (C=O) groups excluding carboxylic acids is 2. The van der Waals surface area contributed by atoms with Crippen molar-refractivity contribution in [2.45, 2.75) is 56.3 Å². The summed E-state index contributed by atoms with van der Waals surface area (Å²) in [5.41, 5.74) is 0.912. The van der Waals surface area contributed by atoms with Gasteiger partial charge >= 0.3 is 0 Å². The lowest BCUT2D eigenvalue weighted by molar-refractivity contribution is -0.165. The summed E-state index contributed by atoms with van der Waals surface area (Å²) in [6.07, 6.45) is 4.54. The fraction of sp³-hybridized carbons (Fsp3) is 0.579. The predicted molar refractivity (Wildman–Crippen MR) is 91.1 cm³/mol. The van der Waals surface area contributed by atoms with Gasteiger partial charge in [-0.05, 0) is 49.8 Å². The normalized spacial score (nSPS) is 26.9. The highest BCUT2D eigenvalue weighted by atomic mass is 16.5. The molecule has 3 fully saturated rings. The zero-order valence-electron chi connectivity index (χ0n) is 14.4. The van der Waals surface area contributed by atoms with E-state index < -0.39 is 6.10 Å². The van der Waals surface area contributed by atoms with E-state index in [4.69, 9.17) is 9.47 Å². The maximum Gasteiger partial charge on any atom is 0.251 e. The Kier molecular flexibility index (Phi) is 4.37. The van der Waals surface area contributed by atoms with E-state index in [2.05, 4.69) is 5.32 Å². The summed E-state index contributed by atoms with van der Waals surface area (Å²) in [6.45, 7) is -0.0219. The highest BCUT2D eigenvalue weighted by Crippen LogP contribution is 2.40. The molecule has 0 bridgehead atoms. The van der Waals surface area contributed by atoms with E-state index in [1.807, 2.05) is 29.2 Å². The Balaban J connectivity index is 1.62. The van der Waals surface area contributed by atoms with E-state index in [9.17, 15) is 9.59 Å². The van der Waals surface area contributed by atoms with Crippen molar-refractivity contribution in [2.75, 3.05) is 13.7 Å². The van der Waals surface area contributed by atoms with Crippen LogP contribution in [0.1, 0.15) is 43.7 Å². The fourth-order valence-electron chi connectivity index (χ4n) is 3.60. The van der Waals surface area contributed by atoms with Gasteiger partial charge in [0.1, 0.15) is 12.4 Å². The van der Waals surface area contributed by atoms with E-state index in [1.54, 1.807) is 7.11 Å². The highest BCUT2D eigenvalue weighted by molar-refractivity contribution is 5.87. The average molecular weight is 344 g/mol. The van der Waals surface area contributed by atoms with Gasteiger partial charge in [-0.15, -0.1) is 0 Å². The summed E-state index contributed by atoms with van der Waals surface area (Å²) in [5.74, 6) is 0.611. The molecule has 2 aliphatic carbocycles. The van der Waals surface area contributed by atoms with Gasteiger partial charge in [0.25, 0.3) is 5.91 Å². The molecule has 0 aromatic heterocycles. The highest BCUT2D eigenvalue weighted by Gasteiger charge is 2.47. The van der Waals surface area contributed by atoms with Crippen LogP contribution >= 0.6 is 0 Å². The molecule has 0 radical (unpaired) electrons. The molecule has 6 heteroatoms. The standard InChI is InChI=1S/C19H24N2O4/c1-24-15-9-5-12(6-10-15)17-18(19(23)20-13-3-2-4-13)25-11-16(22)21(17)14-7-8-14/h5-6,9-10,13-14,17-18H,2-4,7-8,11H2,1H3,(H,20,23). The number of hydrogen-bond donors (Lipinski definition) is 1. The first kappa shape index (κ1) is 16.4. The van der Waals surface area contributed by atoms with Crippen molar-refractivity contribution in [3.8, 4) is 5.75 Å². The molecule has 1 saturated heterocycles. The summed E-state index contributed by atoms with van der Waals surface area (Å²) < 4.78 is 10.9. The Morgan fingerprint density at radius 3 is 2.48 bits per heavy atom. The number of benzene rings is 1. The summed E-state index contributed by atoms with van der Waals surface area (Å²) >= 11 is 0. The van der Waals surface area contributed by atoms with Gasteiger partial charge in [-0.1, -0.05) is 12.1 Å². The average Bonchev–Trinajstić information content (AvgIpc) is 3.42. The Hall–Kier alpha value is -2.08. The van der Waals surface area contributed by atoms with E-state index in [1.165, 1.54) is 0 Å². The van der Waals surface area contributed by atoms with Crippen LogP contribution < -0.4 is 10.1 Å². The number of carbonyl (C=O) groups is 2. The first-order valence-electron chi connectivity index (χ1n) is 9.04. The monoisotopic (exact) mass is 344 g/mol. The molecule has 1 aromatic rings. The fourth-order valence-corrected chi connectivity index (χ4v) is 3.60. The molecule has 3 aliphatic rings. The van der Waals surface area contributed by atoms with Gasteiger partial charge in [-0.3, -0.25) is 9.59 Å². The van der Waals surface area contributed by atoms with Gasteiger partial charge in [0.2, 0.25) is 5.91 Å². The molecule has 1 aliphatic heterocycles. The molecule has 2 saturated carbocycles. The second-order valence-corrected chi connectivity index (χ2v) is 7.12. The number of methoxy groups -OCH3 is 1. The van der Waals surface area contributed by atoms with Gasteiger partial charge in [-0.2, -0.15) is 0 Å². The third-order valence-electron chi connectivity index (χ3n) is 5.37. The van der Waals surface area contributed by atoms with Gasteiger partial charge in [0, 0.05) is 12.1 Å². The third kappa shape index (κ3) is 3.23. The quantitative estimate of drug-likeness (QED) is 0.884. The summed E-state index contributed by atoms with van der Waals surface area (Å²) in [5, 5.41) is 3.08. The van der Waals surface area contributed by atoms with Crippen molar-refractivity contribution in [2.24, 2.45) is 0 Å². The van der Waals surface area contributed by atoms with Gasteiger partial charge in [0.05, 0.1) is 13.2 Å². The first-order valence-corrected chi connectivity index (χ1v) is 9.04. The molecular weight excluding hydrogens is 320 g/mol. The predicted octanol–water partition coefficient (Wildman–Crippen LogP) is 1.79. The molecule has 0 spiro atoms. The van der Waals surface area contributed by atoms with E-state index >= 15 is 0 Å². The molecule has 2 atom stereocenters. The number of nitrogens with zero attached hydrogens (tertiary/aromatic N) is 1. The van der Waals surface area contributed by atoms with Crippen molar-refractivity contribution in [1.82, 2.24) is 10.2 Å². The summed E-state index contributed by atoms with van der Waals surface area (Å²) in [6, 6.07) is 7.66. The van der Waals surface area contributed by atoms with Crippen LogP contribution in [0.15, 0.2) is 24.3 Å². The molecule has 2 amide bonds. The van der Waals surface area contributed by atoms with Crippen LogP contribution in [0, 0.1) is 0 Å². The lowest BCUT2D eigenvalue weighted by Crippen LogP contribution is -2.56. The maximum absolute atomic E-state index is 12.8. The topological polar surface area (TPSA) is 67.9 Å². The Morgan fingerprint density at radius 1 is 1.20 bits per heavy atom. The van der Waals surface area contributed by atoms with Crippen LogP contribution in [-0.4, -0.2) is 48.6 Å². The molecule has 1 N–H and O–H groups in total. The van der Waals surface area contributed by atoms with Crippen LogP contribution in [0.25, 0.3) is 0 Å². The third-order valence-corrected chi connectivity index (χ3v) is 5.37. The minimum atomic E-state index is -0.660. The van der Waals surface area contributed by atoms with Crippen molar-refractivity contribution in [3.63, 3.8) is 0 Å². The van der Waals surface area contributed by atoms with E-state index in [-0.39, 0.29) is 36.5 Å². The molecule has 1 heterocycles. The molecular formula is C19H24N2O4. The lowest BCUT2D eigenvalue weighted by Gasteiger charge is -2.41. The van der Waals surface area contributed by atoms with Crippen molar-refractivity contribution in [1.29, 1.82) is 0 Å². The van der Waals surface area contributed by atoms with Crippen LogP contribution in [0.4, 0.5) is 0 Å². The number of morpholine rings is 1. The minimum absolute atomic E-state index is 0.0219. The van der Waals surface area contributed by atoms with Crippen LogP contribution in [-0.2, 0) is 14.3 Å². The number of ether oxygens (including phenoxy) is 2. The minimum Gasteiger partial charge on any atom is -0.497 e. The van der Waals surface area contributed by atoms with Gasteiger partial charge in [0.15, 0.2) is 6.10 Å². The van der Waals surface area contributed by atoms with Crippen molar-refractivity contribution < 1.29 is 19.1 Å². The van der Waals surface area contributed by atoms with Crippen LogP contribution in [0.2, 0.25) is 0 Å². The maximum atomic E-state index is 12.8. The second-order valence-electron chi connectivity index (χ2n) is 7.12. The lowest BCUT2D eigenvalue weighted by atomic mass is 9.91. The second kappa shape index (κ2) is 6.67. The number of nitrogens with one attached hydrogen (secondary N) is 1. The number of amides is 2. The molecule has 1 aromatic carbocycles. The number of hydrogen-bond acceptors (Lipinski definition) is 4. The number of rotatable bonds is 5. The SMILES string of the molecule is COc1ccc(C2C(C(=O)NC3CCC3)OCC(=O)N2C2CC2)cc1. The zero-order chi connectivity index (χ0) is 17.4. The molecule has 6 nitrogen and oxygen atoms in total. The smallest absolute Gasteiger partial charge is 0.251 e. The molecule has 2 unspecified atom stereocenters. The summed E-state index contributed by atoms with van der Waals surface area (Å²) in [4.78, 5) is 27.2. The van der Waals surface area contributed by atoms with Gasteiger partial charge < -0.3 is 19.7 Å². The molecule has 134 valence electrons. The largest absolute Gasteiger partial charge is 0.497 e. The van der Waals surface area contributed by atoms with Crippen molar-refractivity contribution >= 4 is 11.8 Å². The first-order chi connectivity index (χ1) is 12.2. The van der Waals surface area contributed by atoms with E-state index in [0.29, 0.717) is 0 Å². The molecule has 4 rings (SSSR count). The Bertz CT molecular complexity index is 652. The van der Waals surface area contributed by atoms with Gasteiger partial charge in [-0.25, -0.2) is 0 Å². The van der Waals surface area contributed by atoms with Crippen LogP contribution in [0.5, 0.6) is 5.75 Å². The Morgan fingerprint density at radius 2 is 1.92 bits per heavy atom. The Labute approximate surface area is 147 Å². The zero-order valence-corrected chi connectivity index (χ0v) is 14.4. The summed E-state index contributed by atoms with van der Waals surface area (Å²) in [7, 11) is 1.62. The van der Waals surface area contributed by atoms with Crippen LogP contribution in [0.3, 0.4) is 0 Å². The molecule has 25 heavy (non-hydrogen) atoms. The van der Waals surface area contributed by atoms with E-state index in [0.717, 1.165) is 43.4 Å².